The normalized spacial score (nSPS) is 10.6. The van der Waals surface area contributed by atoms with E-state index in [1.807, 2.05) is 6.07 Å². The number of ether oxygens (including phenoxy) is 1. The predicted molar refractivity (Wildman–Crippen MR) is 71.6 cm³/mol. The van der Waals surface area contributed by atoms with Gasteiger partial charge in [-0.1, -0.05) is 34.1 Å². The summed E-state index contributed by atoms with van der Waals surface area (Å²) in [6.45, 7) is 2.89. The molecule has 0 heterocycles. The molecule has 2 nitrogen and oxygen atoms in total. The van der Waals surface area contributed by atoms with E-state index < -0.39 is 0 Å². The first kappa shape index (κ1) is 13.7. The molecular formula is C13H20BrNO. The van der Waals surface area contributed by atoms with Crippen LogP contribution >= 0.6 is 15.9 Å². The highest BCUT2D eigenvalue weighted by Crippen LogP contribution is 2.15. The molecule has 0 amide bonds. The third-order valence-corrected chi connectivity index (χ3v) is 3.25. The highest BCUT2D eigenvalue weighted by atomic mass is 79.9. The first-order valence-corrected chi connectivity index (χ1v) is 6.57. The van der Waals surface area contributed by atoms with E-state index in [0.717, 1.165) is 26.1 Å². The molecule has 0 atom stereocenters. The minimum Gasteiger partial charge on any atom is -0.385 e. The summed E-state index contributed by atoms with van der Waals surface area (Å²) >= 11 is 3.54. The van der Waals surface area contributed by atoms with Crippen molar-refractivity contribution in [3.8, 4) is 0 Å². The Balaban J connectivity index is 2.05. The number of nitrogens with one attached hydrogen (secondary N) is 1. The van der Waals surface area contributed by atoms with Crippen molar-refractivity contribution in [1.29, 1.82) is 0 Å². The van der Waals surface area contributed by atoms with Crippen LogP contribution < -0.4 is 5.32 Å². The van der Waals surface area contributed by atoms with Gasteiger partial charge in [0, 0.05) is 24.7 Å². The fourth-order valence-electron chi connectivity index (χ4n) is 1.54. The molecule has 0 aliphatic heterocycles. The van der Waals surface area contributed by atoms with Gasteiger partial charge < -0.3 is 10.1 Å². The zero-order valence-corrected chi connectivity index (χ0v) is 11.4. The van der Waals surface area contributed by atoms with Crippen LogP contribution in [0.4, 0.5) is 0 Å². The second-order valence-corrected chi connectivity index (χ2v) is 4.68. The first-order valence-electron chi connectivity index (χ1n) is 5.77. The fourth-order valence-corrected chi connectivity index (χ4v) is 1.96. The van der Waals surface area contributed by atoms with Crippen LogP contribution in [0, 0.1) is 0 Å². The number of rotatable bonds is 8. The fraction of sp³-hybridized carbons (Fsp3) is 0.538. The summed E-state index contributed by atoms with van der Waals surface area (Å²) in [5.74, 6) is 0. The highest BCUT2D eigenvalue weighted by Gasteiger charge is 1.96. The van der Waals surface area contributed by atoms with E-state index in [2.05, 4.69) is 39.4 Å². The Morgan fingerprint density at radius 3 is 2.75 bits per heavy atom. The van der Waals surface area contributed by atoms with Gasteiger partial charge in [-0.25, -0.2) is 0 Å². The van der Waals surface area contributed by atoms with E-state index in [1.165, 1.54) is 22.9 Å². The molecule has 3 heteroatoms. The molecule has 1 aromatic rings. The summed E-state index contributed by atoms with van der Waals surface area (Å²) in [7, 11) is 1.76. The van der Waals surface area contributed by atoms with Crippen molar-refractivity contribution in [2.24, 2.45) is 0 Å². The molecule has 16 heavy (non-hydrogen) atoms. The van der Waals surface area contributed by atoms with Crippen LogP contribution in [0.5, 0.6) is 0 Å². The lowest BCUT2D eigenvalue weighted by molar-refractivity contribution is 0.192. The van der Waals surface area contributed by atoms with Gasteiger partial charge in [-0.15, -0.1) is 0 Å². The molecule has 0 spiro atoms. The number of hydrogen-bond acceptors (Lipinski definition) is 2. The first-order chi connectivity index (χ1) is 7.84. The monoisotopic (exact) mass is 285 g/mol. The summed E-state index contributed by atoms with van der Waals surface area (Å²) < 4.78 is 6.19. The largest absolute Gasteiger partial charge is 0.385 e. The van der Waals surface area contributed by atoms with Gasteiger partial charge in [0.15, 0.2) is 0 Å². The van der Waals surface area contributed by atoms with Gasteiger partial charge in [0.05, 0.1) is 0 Å². The van der Waals surface area contributed by atoms with Crippen LogP contribution in [-0.2, 0) is 11.3 Å². The molecule has 1 aromatic carbocycles. The molecule has 0 saturated heterocycles. The Hall–Kier alpha value is -0.380. The van der Waals surface area contributed by atoms with Gasteiger partial charge >= 0.3 is 0 Å². The molecule has 1 rings (SSSR count). The van der Waals surface area contributed by atoms with Crippen molar-refractivity contribution in [3.63, 3.8) is 0 Å². The molecule has 0 unspecified atom stereocenters. The number of unbranched alkanes of at least 4 members (excludes halogenated alkanes) is 2. The molecule has 0 aliphatic rings. The third-order valence-electron chi connectivity index (χ3n) is 2.48. The van der Waals surface area contributed by atoms with Crippen molar-refractivity contribution in [3.05, 3.63) is 34.3 Å². The van der Waals surface area contributed by atoms with E-state index in [-0.39, 0.29) is 0 Å². The van der Waals surface area contributed by atoms with Gasteiger partial charge in [-0.3, -0.25) is 0 Å². The number of benzene rings is 1. The van der Waals surface area contributed by atoms with E-state index in [1.54, 1.807) is 7.11 Å². The minimum atomic E-state index is 0.879. The Bertz CT molecular complexity index is 291. The van der Waals surface area contributed by atoms with Gasteiger partial charge in [0.25, 0.3) is 0 Å². The second kappa shape index (κ2) is 8.74. The zero-order valence-electron chi connectivity index (χ0n) is 9.84. The lowest BCUT2D eigenvalue weighted by Gasteiger charge is -2.06. The Labute approximate surface area is 107 Å². The standard InChI is InChI=1S/C13H20BrNO/c1-16-10-6-2-5-9-15-11-12-7-3-4-8-13(12)14/h3-4,7-8,15H,2,5-6,9-11H2,1H3. The van der Waals surface area contributed by atoms with Gasteiger partial charge in [0.2, 0.25) is 0 Å². The zero-order chi connectivity index (χ0) is 11.6. The van der Waals surface area contributed by atoms with E-state index in [0.29, 0.717) is 0 Å². The van der Waals surface area contributed by atoms with Crippen LogP contribution in [0.25, 0.3) is 0 Å². The van der Waals surface area contributed by atoms with Crippen LogP contribution in [0.3, 0.4) is 0 Å². The quantitative estimate of drug-likeness (QED) is 0.740. The smallest absolute Gasteiger partial charge is 0.0462 e. The van der Waals surface area contributed by atoms with Crippen LogP contribution in [-0.4, -0.2) is 20.3 Å². The molecule has 0 aliphatic carbocycles. The third kappa shape index (κ3) is 5.64. The Kier molecular flexibility index (Phi) is 7.47. The summed E-state index contributed by atoms with van der Waals surface area (Å²) in [5.41, 5.74) is 1.32. The molecule has 0 saturated carbocycles. The maximum Gasteiger partial charge on any atom is 0.0462 e. The SMILES string of the molecule is COCCCCCNCc1ccccc1Br. The molecule has 0 fully saturated rings. The summed E-state index contributed by atoms with van der Waals surface area (Å²) in [6.07, 6.45) is 3.61. The Morgan fingerprint density at radius 2 is 2.00 bits per heavy atom. The van der Waals surface area contributed by atoms with Crippen molar-refractivity contribution in [2.75, 3.05) is 20.3 Å². The predicted octanol–water partition coefficient (Wildman–Crippen LogP) is 3.36. The van der Waals surface area contributed by atoms with Crippen molar-refractivity contribution < 1.29 is 4.74 Å². The van der Waals surface area contributed by atoms with Crippen molar-refractivity contribution in [2.45, 2.75) is 25.8 Å². The van der Waals surface area contributed by atoms with E-state index in [9.17, 15) is 0 Å². The topological polar surface area (TPSA) is 21.3 Å². The second-order valence-electron chi connectivity index (χ2n) is 3.82. The average molecular weight is 286 g/mol. The van der Waals surface area contributed by atoms with Crippen molar-refractivity contribution in [1.82, 2.24) is 5.32 Å². The molecular weight excluding hydrogens is 266 g/mol. The maximum atomic E-state index is 5.01. The molecule has 0 aromatic heterocycles. The number of hydrogen-bond donors (Lipinski definition) is 1. The van der Waals surface area contributed by atoms with Gasteiger partial charge in [-0.05, 0) is 37.4 Å². The van der Waals surface area contributed by atoms with E-state index >= 15 is 0 Å². The highest BCUT2D eigenvalue weighted by molar-refractivity contribution is 9.10. The molecule has 1 N–H and O–H groups in total. The number of methoxy groups -OCH3 is 1. The van der Waals surface area contributed by atoms with Gasteiger partial charge in [0.1, 0.15) is 0 Å². The Morgan fingerprint density at radius 1 is 1.19 bits per heavy atom. The van der Waals surface area contributed by atoms with Crippen LogP contribution in [0.2, 0.25) is 0 Å². The van der Waals surface area contributed by atoms with E-state index in [4.69, 9.17) is 4.74 Å². The molecule has 0 radical (unpaired) electrons. The lowest BCUT2D eigenvalue weighted by atomic mass is 10.2. The minimum absolute atomic E-state index is 0.879. The lowest BCUT2D eigenvalue weighted by Crippen LogP contribution is -2.15. The molecule has 0 bridgehead atoms. The van der Waals surface area contributed by atoms with Gasteiger partial charge in [-0.2, -0.15) is 0 Å². The van der Waals surface area contributed by atoms with Crippen LogP contribution in [0.1, 0.15) is 24.8 Å². The maximum absolute atomic E-state index is 5.01. The molecule has 90 valence electrons. The van der Waals surface area contributed by atoms with Crippen LogP contribution in [0.15, 0.2) is 28.7 Å². The van der Waals surface area contributed by atoms with Crippen molar-refractivity contribution >= 4 is 15.9 Å². The summed E-state index contributed by atoms with van der Waals surface area (Å²) in [6, 6.07) is 8.33. The number of halogens is 1. The summed E-state index contributed by atoms with van der Waals surface area (Å²) in [4.78, 5) is 0. The summed E-state index contributed by atoms with van der Waals surface area (Å²) in [5, 5.41) is 3.45. The average Bonchev–Trinajstić information content (AvgIpc) is 2.30.